The molecule has 1 aromatic rings. The fourth-order valence-electron chi connectivity index (χ4n) is 3.79. The van der Waals surface area contributed by atoms with Crippen molar-refractivity contribution >= 4 is 0 Å². The number of piperidine rings is 2. The largest absolute Gasteiger partial charge is 0.481 e. The highest BCUT2D eigenvalue weighted by atomic mass is 16.5. The maximum Gasteiger partial charge on any atom is 0.217 e. The molecule has 1 aromatic heterocycles. The second kappa shape index (κ2) is 6.10. The molecule has 2 aliphatic rings. The minimum Gasteiger partial charge on any atom is -0.481 e. The van der Waals surface area contributed by atoms with Crippen LogP contribution < -0.4 is 10.1 Å². The van der Waals surface area contributed by atoms with E-state index < -0.39 is 0 Å². The molecular formula is C16H25N3O. The van der Waals surface area contributed by atoms with Crippen LogP contribution in [-0.2, 0) is 6.54 Å². The molecule has 0 aliphatic carbocycles. The molecule has 3 heterocycles. The standard InChI is InChI=1S/C16H25N3O/c1-20-15-14(5-2-9-18-15)11-19-10-4-7-16(13-19)6-3-8-17-12-16/h2,5,9,17H,3-4,6-8,10-13H2,1H3. The Morgan fingerprint density at radius 2 is 2.30 bits per heavy atom. The number of pyridine rings is 1. The van der Waals surface area contributed by atoms with E-state index in [2.05, 4.69) is 21.3 Å². The number of ether oxygens (including phenoxy) is 1. The molecule has 2 aliphatic heterocycles. The van der Waals surface area contributed by atoms with E-state index in [1.165, 1.54) is 57.4 Å². The van der Waals surface area contributed by atoms with Crippen LogP contribution in [-0.4, -0.2) is 43.2 Å². The maximum absolute atomic E-state index is 5.37. The van der Waals surface area contributed by atoms with E-state index in [-0.39, 0.29) is 0 Å². The van der Waals surface area contributed by atoms with Crippen LogP contribution in [0.15, 0.2) is 18.3 Å². The third kappa shape index (κ3) is 2.96. The van der Waals surface area contributed by atoms with E-state index in [4.69, 9.17) is 4.74 Å². The van der Waals surface area contributed by atoms with Gasteiger partial charge >= 0.3 is 0 Å². The van der Waals surface area contributed by atoms with Crippen molar-refractivity contribution in [3.63, 3.8) is 0 Å². The Kier molecular flexibility index (Phi) is 4.22. The minimum absolute atomic E-state index is 0.506. The van der Waals surface area contributed by atoms with Crippen molar-refractivity contribution in [1.82, 2.24) is 15.2 Å². The number of nitrogens with zero attached hydrogens (tertiary/aromatic N) is 2. The quantitative estimate of drug-likeness (QED) is 0.916. The van der Waals surface area contributed by atoms with Gasteiger partial charge in [0.1, 0.15) is 0 Å². The summed E-state index contributed by atoms with van der Waals surface area (Å²) in [7, 11) is 1.70. The Morgan fingerprint density at radius 1 is 1.40 bits per heavy atom. The molecule has 1 spiro atoms. The molecule has 4 nitrogen and oxygen atoms in total. The average Bonchev–Trinajstić information content (AvgIpc) is 2.49. The van der Waals surface area contributed by atoms with E-state index in [1.54, 1.807) is 13.3 Å². The topological polar surface area (TPSA) is 37.4 Å². The van der Waals surface area contributed by atoms with Crippen molar-refractivity contribution < 1.29 is 4.74 Å². The van der Waals surface area contributed by atoms with Crippen LogP contribution >= 0.6 is 0 Å². The van der Waals surface area contributed by atoms with E-state index in [9.17, 15) is 0 Å². The number of aromatic nitrogens is 1. The number of likely N-dealkylation sites (tertiary alicyclic amines) is 1. The van der Waals surface area contributed by atoms with Gasteiger partial charge in [0.25, 0.3) is 0 Å². The van der Waals surface area contributed by atoms with Crippen LogP contribution in [0.2, 0.25) is 0 Å². The van der Waals surface area contributed by atoms with Gasteiger partial charge in [-0.3, -0.25) is 4.90 Å². The maximum atomic E-state index is 5.37. The first-order chi connectivity index (χ1) is 9.81. The summed E-state index contributed by atoms with van der Waals surface area (Å²) in [6, 6.07) is 4.13. The predicted molar refractivity (Wildman–Crippen MR) is 79.8 cm³/mol. The lowest BCUT2D eigenvalue weighted by atomic mass is 9.74. The molecule has 1 unspecified atom stereocenters. The first-order valence-electron chi connectivity index (χ1n) is 7.72. The highest BCUT2D eigenvalue weighted by Gasteiger charge is 2.36. The third-order valence-corrected chi connectivity index (χ3v) is 4.74. The highest BCUT2D eigenvalue weighted by Crippen LogP contribution is 2.36. The van der Waals surface area contributed by atoms with Gasteiger partial charge in [0.05, 0.1) is 7.11 Å². The van der Waals surface area contributed by atoms with Crippen molar-refractivity contribution in [2.24, 2.45) is 5.41 Å². The lowest BCUT2D eigenvalue weighted by molar-refractivity contribution is 0.0595. The summed E-state index contributed by atoms with van der Waals surface area (Å²) in [5.74, 6) is 0.772. The van der Waals surface area contributed by atoms with Crippen molar-refractivity contribution in [1.29, 1.82) is 0 Å². The van der Waals surface area contributed by atoms with Crippen molar-refractivity contribution in [2.75, 3.05) is 33.3 Å². The van der Waals surface area contributed by atoms with Crippen molar-refractivity contribution in [3.05, 3.63) is 23.9 Å². The number of rotatable bonds is 3. The smallest absolute Gasteiger partial charge is 0.217 e. The fraction of sp³-hybridized carbons (Fsp3) is 0.688. The predicted octanol–water partition coefficient (Wildman–Crippen LogP) is 2.06. The van der Waals surface area contributed by atoms with Gasteiger partial charge in [-0.05, 0) is 50.3 Å². The summed E-state index contributed by atoms with van der Waals surface area (Å²) < 4.78 is 5.37. The molecule has 2 saturated heterocycles. The zero-order valence-corrected chi connectivity index (χ0v) is 12.4. The molecule has 3 rings (SSSR count). The van der Waals surface area contributed by atoms with Gasteiger partial charge in [0.15, 0.2) is 0 Å². The van der Waals surface area contributed by atoms with Crippen LogP contribution in [0.3, 0.4) is 0 Å². The van der Waals surface area contributed by atoms with Crippen LogP contribution in [0, 0.1) is 5.41 Å². The van der Waals surface area contributed by atoms with Gasteiger partial charge in [-0.25, -0.2) is 4.98 Å². The Hall–Kier alpha value is -1.13. The highest BCUT2D eigenvalue weighted by molar-refractivity contribution is 5.25. The van der Waals surface area contributed by atoms with Crippen LogP contribution in [0.5, 0.6) is 5.88 Å². The molecule has 110 valence electrons. The van der Waals surface area contributed by atoms with Crippen molar-refractivity contribution in [2.45, 2.75) is 32.2 Å². The minimum atomic E-state index is 0.506. The zero-order valence-electron chi connectivity index (χ0n) is 12.4. The molecule has 20 heavy (non-hydrogen) atoms. The molecule has 0 radical (unpaired) electrons. The normalized spacial score (nSPS) is 27.6. The number of hydrogen-bond donors (Lipinski definition) is 1. The molecule has 0 saturated carbocycles. The first kappa shape index (κ1) is 13.8. The zero-order chi connectivity index (χ0) is 13.8. The fourth-order valence-corrected chi connectivity index (χ4v) is 3.79. The van der Waals surface area contributed by atoms with Gasteiger partial charge in [-0.1, -0.05) is 6.07 Å². The molecule has 1 atom stereocenters. The Labute approximate surface area is 121 Å². The summed E-state index contributed by atoms with van der Waals surface area (Å²) >= 11 is 0. The molecular weight excluding hydrogens is 250 g/mol. The first-order valence-corrected chi connectivity index (χ1v) is 7.72. The van der Waals surface area contributed by atoms with Gasteiger partial charge in [-0.15, -0.1) is 0 Å². The average molecular weight is 275 g/mol. The summed E-state index contributed by atoms with van der Waals surface area (Å²) in [4.78, 5) is 6.88. The summed E-state index contributed by atoms with van der Waals surface area (Å²) in [5.41, 5.74) is 1.71. The molecule has 2 fully saturated rings. The van der Waals surface area contributed by atoms with Crippen molar-refractivity contribution in [3.8, 4) is 5.88 Å². The molecule has 0 aromatic carbocycles. The second-order valence-electron chi connectivity index (χ2n) is 6.27. The van der Waals surface area contributed by atoms with Crippen LogP contribution in [0.1, 0.15) is 31.2 Å². The Balaban J connectivity index is 1.68. The van der Waals surface area contributed by atoms with Gasteiger partial charge < -0.3 is 10.1 Å². The Bertz CT molecular complexity index is 438. The van der Waals surface area contributed by atoms with Crippen LogP contribution in [0.25, 0.3) is 0 Å². The SMILES string of the molecule is COc1ncccc1CN1CCCC2(CCCNC2)C1. The lowest BCUT2D eigenvalue weighted by Gasteiger charge is -2.45. The number of nitrogens with one attached hydrogen (secondary N) is 1. The van der Waals surface area contributed by atoms with Crippen LogP contribution in [0.4, 0.5) is 0 Å². The monoisotopic (exact) mass is 275 g/mol. The molecule has 4 heteroatoms. The van der Waals surface area contributed by atoms with Gasteiger partial charge in [-0.2, -0.15) is 0 Å². The van der Waals surface area contributed by atoms with E-state index in [1.807, 2.05) is 6.07 Å². The summed E-state index contributed by atoms with van der Waals surface area (Å²) in [6.45, 7) is 5.74. The summed E-state index contributed by atoms with van der Waals surface area (Å²) in [5, 5.41) is 3.59. The van der Waals surface area contributed by atoms with E-state index >= 15 is 0 Å². The number of hydrogen-bond acceptors (Lipinski definition) is 4. The van der Waals surface area contributed by atoms with E-state index in [0.29, 0.717) is 5.41 Å². The second-order valence-corrected chi connectivity index (χ2v) is 6.27. The van der Waals surface area contributed by atoms with Gasteiger partial charge in [0.2, 0.25) is 5.88 Å². The third-order valence-electron chi connectivity index (χ3n) is 4.74. The van der Waals surface area contributed by atoms with Gasteiger partial charge in [0, 0.05) is 31.4 Å². The Morgan fingerprint density at radius 3 is 3.10 bits per heavy atom. The summed E-state index contributed by atoms with van der Waals surface area (Å²) in [6.07, 6.45) is 7.18. The molecule has 0 amide bonds. The van der Waals surface area contributed by atoms with E-state index in [0.717, 1.165) is 12.4 Å². The molecule has 0 bridgehead atoms. The number of methoxy groups -OCH3 is 1. The lowest BCUT2D eigenvalue weighted by Crippen LogP contribution is -2.50. The molecule has 1 N–H and O–H groups in total.